The lowest BCUT2D eigenvalue weighted by Crippen LogP contribution is -2.49. The van der Waals surface area contributed by atoms with Gasteiger partial charge in [-0.25, -0.2) is 4.39 Å². The van der Waals surface area contributed by atoms with Gasteiger partial charge in [0.2, 0.25) is 0 Å². The number of aliphatic hydroxyl groups is 1. The fourth-order valence-corrected chi connectivity index (χ4v) is 6.74. The minimum Gasteiger partial charge on any atom is -0.381 e. The molecule has 0 spiro atoms. The molecule has 9 heteroatoms. The zero-order chi connectivity index (χ0) is 31.1. The summed E-state index contributed by atoms with van der Waals surface area (Å²) in [5.41, 5.74) is 2.91. The summed E-state index contributed by atoms with van der Waals surface area (Å²) in [6.07, 6.45) is 9.81. The van der Waals surface area contributed by atoms with Crippen LogP contribution in [0, 0.1) is 24.6 Å². The summed E-state index contributed by atoms with van der Waals surface area (Å²) < 4.78 is 16.4. The van der Waals surface area contributed by atoms with Gasteiger partial charge in [0.05, 0.1) is 23.0 Å². The molecular weight excluding hydrogens is 545 g/mol. The van der Waals surface area contributed by atoms with Crippen LogP contribution >= 0.6 is 0 Å². The Kier molecular flexibility index (Phi) is 8.95. The van der Waals surface area contributed by atoms with Gasteiger partial charge in [-0.3, -0.25) is 14.6 Å². The summed E-state index contributed by atoms with van der Waals surface area (Å²) in [5.74, 6) is 0.232. The number of aryl methyl sites for hydroxylation is 1. The molecule has 2 amide bonds. The molecule has 0 unspecified atom stereocenters. The number of amides is 2. The molecule has 2 aromatic heterocycles. The molecule has 0 bridgehead atoms. The molecule has 0 radical (unpaired) electrons. The fraction of sp³-hybridized carbons (Fsp3) is 0.559. The summed E-state index contributed by atoms with van der Waals surface area (Å²) in [4.78, 5) is 36.3. The van der Waals surface area contributed by atoms with Gasteiger partial charge in [-0.2, -0.15) is 0 Å². The summed E-state index contributed by atoms with van der Waals surface area (Å²) in [7, 11) is 1.75. The second-order valence-electron chi connectivity index (χ2n) is 13.5. The third-order valence-electron chi connectivity index (χ3n) is 9.34. The first-order chi connectivity index (χ1) is 20.3. The second kappa shape index (κ2) is 12.4. The molecule has 2 fully saturated rings. The molecule has 1 aromatic carbocycles. The van der Waals surface area contributed by atoms with Crippen molar-refractivity contribution in [1.29, 1.82) is 0 Å². The molecule has 2 saturated heterocycles. The van der Waals surface area contributed by atoms with Crippen LogP contribution in [0.25, 0.3) is 16.6 Å². The van der Waals surface area contributed by atoms with Gasteiger partial charge in [-0.1, -0.05) is 0 Å². The predicted molar refractivity (Wildman–Crippen MR) is 167 cm³/mol. The Bertz CT molecular complexity index is 1490. The van der Waals surface area contributed by atoms with Crippen molar-refractivity contribution < 1.29 is 19.1 Å². The van der Waals surface area contributed by atoms with Crippen LogP contribution in [0.1, 0.15) is 68.4 Å². The zero-order valence-corrected chi connectivity index (χ0v) is 26.4. The van der Waals surface area contributed by atoms with Crippen molar-refractivity contribution in [2.75, 3.05) is 39.8 Å². The quantitative estimate of drug-likeness (QED) is 0.406. The topological polar surface area (TPSA) is 81.9 Å². The first-order valence-electron chi connectivity index (χ1n) is 15.6. The lowest BCUT2D eigenvalue weighted by Gasteiger charge is -2.36. The van der Waals surface area contributed by atoms with E-state index in [4.69, 9.17) is 0 Å². The lowest BCUT2D eigenvalue weighted by atomic mass is 9.94. The Hall–Kier alpha value is -3.30. The van der Waals surface area contributed by atoms with Crippen LogP contribution in [0.15, 0.2) is 36.8 Å². The van der Waals surface area contributed by atoms with E-state index in [2.05, 4.69) is 23.0 Å². The standard InChI is InChI=1S/C34H46FN5O3/c1-22(2)37(6)32(41)28-16-27(35)7-8-29(28)40-21-26(31-23(3)17-36-18-30(31)40)15-25-9-12-38(20-25)19-24-10-13-39(14-11-24)33(42)34(4,5)43/h7-8,16-18,21-22,24-25,43H,9-15,19-20H2,1-6H3/t25-/m1/s1. The number of likely N-dealkylation sites (tertiary alicyclic amines) is 2. The third-order valence-corrected chi connectivity index (χ3v) is 9.34. The number of aromatic nitrogens is 2. The number of carbonyl (C=O) groups is 2. The van der Waals surface area contributed by atoms with E-state index in [9.17, 15) is 19.1 Å². The predicted octanol–water partition coefficient (Wildman–Crippen LogP) is 4.83. The first kappa shape index (κ1) is 31.1. The molecule has 43 heavy (non-hydrogen) atoms. The Morgan fingerprint density at radius 1 is 1.12 bits per heavy atom. The third kappa shape index (κ3) is 6.63. The molecular formula is C34H46FN5O3. The van der Waals surface area contributed by atoms with Crippen LogP contribution < -0.4 is 0 Å². The van der Waals surface area contributed by atoms with Crippen LogP contribution in [-0.4, -0.2) is 92.6 Å². The van der Waals surface area contributed by atoms with Crippen LogP contribution in [0.4, 0.5) is 4.39 Å². The molecule has 1 atom stereocenters. The minimum absolute atomic E-state index is 0.0162. The van der Waals surface area contributed by atoms with Gasteiger partial charge in [-0.15, -0.1) is 0 Å². The number of halogens is 1. The van der Waals surface area contributed by atoms with Crippen molar-refractivity contribution in [2.24, 2.45) is 11.8 Å². The normalized spacial score (nSPS) is 18.6. The molecule has 8 nitrogen and oxygen atoms in total. The highest BCUT2D eigenvalue weighted by molar-refractivity contribution is 5.99. The van der Waals surface area contributed by atoms with Gasteiger partial charge >= 0.3 is 0 Å². The van der Waals surface area contributed by atoms with E-state index in [1.807, 2.05) is 30.8 Å². The first-order valence-corrected chi connectivity index (χ1v) is 15.6. The minimum atomic E-state index is -1.31. The lowest BCUT2D eigenvalue weighted by molar-refractivity contribution is -0.149. The van der Waals surface area contributed by atoms with E-state index in [1.54, 1.807) is 36.8 Å². The van der Waals surface area contributed by atoms with Crippen LogP contribution in [0.5, 0.6) is 0 Å². The molecule has 5 rings (SSSR count). The largest absolute Gasteiger partial charge is 0.381 e. The van der Waals surface area contributed by atoms with E-state index in [-0.39, 0.29) is 17.9 Å². The van der Waals surface area contributed by atoms with Crippen molar-refractivity contribution >= 4 is 22.7 Å². The monoisotopic (exact) mass is 591 g/mol. The summed E-state index contributed by atoms with van der Waals surface area (Å²) in [5, 5.41) is 11.2. The van der Waals surface area contributed by atoms with E-state index in [0.29, 0.717) is 36.2 Å². The molecule has 1 N–H and O–H groups in total. The van der Waals surface area contributed by atoms with Crippen molar-refractivity contribution in [2.45, 2.75) is 71.9 Å². The number of pyridine rings is 1. The van der Waals surface area contributed by atoms with E-state index in [1.165, 1.54) is 17.7 Å². The number of piperidine rings is 1. The molecule has 2 aliphatic rings. The zero-order valence-electron chi connectivity index (χ0n) is 26.4. The smallest absolute Gasteiger partial charge is 0.256 e. The Labute approximate surface area is 254 Å². The highest BCUT2D eigenvalue weighted by Gasteiger charge is 2.33. The summed E-state index contributed by atoms with van der Waals surface area (Å²) in [6.45, 7) is 13.6. The second-order valence-corrected chi connectivity index (χ2v) is 13.5. The number of fused-ring (bicyclic) bond motifs is 1. The van der Waals surface area contributed by atoms with Gasteiger partial charge in [0.1, 0.15) is 11.4 Å². The fourth-order valence-electron chi connectivity index (χ4n) is 6.74. The van der Waals surface area contributed by atoms with Crippen LogP contribution in [0.2, 0.25) is 0 Å². The maximum absolute atomic E-state index is 14.4. The number of carbonyl (C=O) groups excluding carboxylic acids is 2. The van der Waals surface area contributed by atoms with E-state index >= 15 is 0 Å². The average molecular weight is 592 g/mol. The number of nitrogens with zero attached hydrogens (tertiary/aromatic N) is 5. The maximum Gasteiger partial charge on any atom is 0.256 e. The Morgan fingerprint density at radius 2 is 1.81 bits per heavy atom. The van der Waals surface area contributed by atoms with Crippen LogP contribution in [0.3, 0.4) is 0 Å². The molecule has 4 heterocycles. The number of hydrogen-bond donors (Lipinski definition) is 1. The molecule has 0 saturated carbocycles. The van der Waals surface area contributed by atoms with Gasteiger partial charge in [0.25, 0.3) is 11.8 Å². The summed E-state index contributed by atoms with van der Waals surface area (Å²) in [6, 6.07) is 4.43. The van der Waals surface area contributed by atoms with Crippen molar-refractivity contribution in [3.63, 3.8) is 0 Å². The average Bonchev–Trinajstić information content (AvgIpc) is 3.56. The number of rotatable bonds is 8. The van der Waals surface area contributed by atoms with E-state index in [0.717, 1.165) is 61.8 Å². The Balaban J connectivity index is 1.32. The van der Waals surface area contributed by atoms with Gasteiger partial charge in [-0.05, 0) is 108 Å². The van der Waals surface area contributed by atoms with Gasteiger partial charge in [0.15, 0.2) is 0 Å². The summed E-state index contributed by atoms with van der Waals surface area (Å²) >= 11 is 0. The van der Waals surface area contributed by atoms with E-state index < -0.39 is 11.4 Å². The Morgan fingerprint density at radius 3 is 2.49 bits per heavy atom. The molecule has 232 valence electrons. The molecule has 3 aromatic rings. The van der Waals surface area contributed by atoms with Gasteiger partial charge in [0, 0.05) is 57.0 Å². The van der Waals surface area contributed by atoms with Crippen molar-refractivity contribution in [1.82, 2.24) is 24.3 Å². The van der Waals surface area contributed by atoms with Crippen molar-refractivity contribution in [3.8, 4) is 5.69 Å². The molecule has 0 aliphatic carbocycles. The SMILES string of the molecule is Cc1cncc2c1c(C[C@H]1CCN(CC3CCN(C(=O)C(C)(C)O)CC3)C1)cn2-c1ccc(F)cc1C(=O)N(C)C(C)C. The van der Waals surface area contributed by atoms with Crippen molar-refractivity contribution in [3.05, 3.63) is 59.3 Å². The molecule has 2 aliphatic heterocycles. The number of benzene rings is 1. The number of hydrogen-bond acceptors (Lipinski definition) is 5. The highest BCUT2D eigenvalue weighted by Crippen LogP contribution is 2.33. The maximum atomic E-state index is 14.4. The van der Waals surface area contributed by atoms with Gasteiger partial charge < -0.3 is 24.4 Å². The van der Waals surface area contributed by atoms with Crippen LogP contribution in [-0.2, 0) is 11.2 Å². The highest BCUT2D eigenvalue weighted by atomic mass is 19.1.